The van der Waals surface area contributed by atoms with Crippen molar-refractivity contribution in [3.8, 4) is 0 Å². The second-order valence-corrected chi connectivity index (χ2v) is 6.54. The molecule has 0 spiro atoms. The minimum absolute atomic E-state index is 0.160. The van der Waals surface area contributed by atoms with Gasteiger partial charge in [-0.05, 0) is 23.5 Å². The zero-order valence-electron chi connectivity index (χ0n) is 14.5. The summed E-state index contributed by atoms with van der Waals surface area (Å²) in [5.74, 6) is 0.851. The van der Waals surface area contributed by atoms with Gasteiger partial charge in [-0.1, -0.05) is 45.0 Å². The number of amides is 2. The highest BCUT2D eigenvalue weighted by molar-refractivity contribution is 5.79. The van der Waals surface area contributed by atoms with Crippen LogP contribution in [0.25, 0.3) is 0 Å². The average molecular weight is 316 g/mol. The van der Waals surface area contributed by atoms with Gasteiger partial charge in [-0.3, -0.25) is 9.59 Å². The number of benzene rings is 1. The summed E-state index contributed by atoms with van der Waals surface area (Å²) in [7, 11) is 0. The molecule has 4 heteroatoms. The molecule has 0 unspecified atom stereocenters. The molecule has 0 atom stereocenters. The zero-order valence-corrected chi connectivity index (χ0v) is 14.5. The van der Waals surface area contributed by atoms with Crippen LogP contribution in [0.4, 0.5) is 0 Å². The van der Waals surface area contributed by atoms with Crippen LogP contribution in [0.2, 0.25) is 0 Å². The Balaban J connectivity index is 1.91. The number of hydrogen-bond acceptors (Lipinski definition) is 2. The summed E-state index contributed by atoms with van der Waals surface area (Å²) < 4.78 is 0. The average Bonchev–Trinajstić information content (AvgIpc) is 2.80. The first kappa shape index (κ1) is 17.5. The summed E-state index contributed by atoms with van der Waals surface area (Å²) in [4.78, 5) is 28.1. The van der Waals surface area contributed by atoms with Crippen LogP contribution in [-0.4, -0.2) is 47.8 Å². The molecule has 0 aromatic heterocycles. The topological polar surface area (TPSA) is 40.6 Å². The van der Waals surface area contributed by atoms with E-state index in [9.17, 15) is 9.59 Å². The van der Waals surface area contributed by atoms with Crippen LogP contribution in [0, 0.1) is 0 Å². The minimum atomic E-state index is 0.160. The lowest BCUT2D eigenvalue weighted by molar-refractivity contribution is -0.133. The van der Waals surface area contributed by atoms with Gasteiger partial charge in [0.05, 0.1) is 6.42 Å². The van der Waals surface area contributed by atoms with Gasteiger partial charge in [0.2, 0.25) is 11.8 Å². The van der Waals surface area contributed by atoms with E-state index >= 15 is 0 Å². The highest BCUT2D eigenvalue weighted by Crippen LogP contribution is 2.15. The third-order valence-electron chi connectivity index (χ3n) is 4.51. The van der Waals surface area contributed by atoms with Crippen LogP contribution in [-0.2, 0) is 16.0 Å². The van der Waals surface area contributed by atoms with Crippen molar-refractivity contribution in [2.45, 2.75) is 46.0 Å². The Hall–Kier alpha value is -1.84. The summed E-state index contributed by atoms with van der Waals surface area (Å²) in [5.41, 5.74) is 2.36. The van der Waals surface area contributed by atoms with E-state index in [0.717, 1.165) is 25.1 Å². The largest absolute Gasteiger partial charge is 0.341 e. The Morgan fingerprint density at radius 3 is 2.04 bits per heavy atom. The van der Waals surface area contributed by atoms with Gasteiger partial charge < -0.3 is 9.80 Å². The molecule has 126 valence electrons. The van der Waals surface area contributed by atoms with Crippen molar-refractivity contribution in [2.75, 3.05) is 26.2 Å². The molecule has 1 aromatic carbocycles. The highest BCUT2D eigenvalue weighted by atomic mass is 16.2. The molecule has 0 bridgehead atoms. The maximum atomic E-state index is 12.5. The molecule has 23 heavy (non-hydrogen) atoms. The minimum Gasteiger partial charge on any atom is -0.341 e. The maximum Gasteiger partial charge on any atom is 0.227 e. The lowest BCUT2D eigenvalue weighted by atomic mass is 10.0. The quantitative estimate of drug-likeness (QED) is 0.857. The van der Waals surface area contributed by atoms with E-state index in [1.807, 2.05) is 16.7 Å². The third-order valence-corrected chi connectivity index (χ3v) is 4.51. The first-order valence-corrected chi connectivity index (χ1v) is 8.65. The monoisotopic (exact) mass is 316 g/mol. The van der Waals surface area contributed by atoms with Gasteiger partial charge >= 0.3 is 0 Å². The van der Waals surface area contributed by atoms with E-state index in [1.54, 1.807) is 0 Å². The highest BCUT2D eigenvalue weighted by Gasteiger charge is 2.21. The second-order valence-electron chi connectivity index (χ2n) is 6.54. The fourth-order valence-electron chi connectivity index (χ4n) is 2.95. The molecule has 1 aromatic rings. The lowest BCUT2D eigenvalue weighted by Crippen LogP contribution is -2.37. The van der Waals surface area contributed by atoms with E-state index in [2.05, 4.69) is 38.1 Å². The normalized spacial score (nSPS) is 15.7. The van der Waals surface area contributed by atoms with Crippen molar-refractivity contribution >= 4 is 11.8 Å². The Bertz CT molecular complexity index is 537. The van der Waals surface area contributed by atoms with Gasteiger partial charge in [-0.2, -0.15) is 0 Å². The maximum absolute atomic E-state index is 12.5. The summed E-state index contributed by atoms with van der Waals surface area (Å²) in [6.07, 6.45) is 1.85. The van der Waals surface area contributed by atoms with E-state index in [4.69, 9.17) is 0 Å². The summed E-state index contributed by atoms with van der Waals surface area (Å²) in [6.45, 7) is 9.04. The Morgan fingerprint density at radius 1 is 0.957 bits per heavy atom. The summed E-state index contributed by atoms with van der Waals surface area (Å²) >= 11 is 0. The SMILES string of the molecule is CCC(=O)N1CCCN(C(=O)Cc2ccc(C(C)C)cc2)CC1. The molecule has 1 aliphatic rings. The Morgan fingerprint density at radius 2 is 1.52 bits per heavy atom. The van der Waals surface area contributed by atoms with E-state index in [1.165, 1.54) is 5.56 Å². The first-order valence-electron chi connectivity index (χ1n) is 8.65. The van der Waals surface area contributed by atoms with E-state index in [-0.39, 0.29) is 11.8 Å². The number of carbonyl (C=O) groups excluding carboxylic acids is 2. The van der Waals surface area contributed by atoms with Crippen molar-refractivity contribution in [1.82, 2.24) is 9.80 Å². The molecule has 0 aliphatic carbocycles. The Kier molecular flexibility index (Phi) is 6.20. The van der Waals surface area contributed by atoms with E-state index < -0.39 is 0 Å². The van der Waals surface area contributed by atoms with Gasteiger partial charge in [-0.15, -0.1) is 0 Å². The smallest absolute Gasteiger partial charge is 0.227 e. The first-order chi connectivity index (χ1) is 11.0. The fourth-order valence-corrected chi connectivity index (χ4v) is 2.95. The predicted octanol–water partition coefficient (Wildman–Crippen LogP) is 2.82. The molecule has 0 saturated carbocycles. The number of rotatable bonds is 4. The van der Waals surface area contributed by atoms with Crippen molar-refractivity contribution in [2.24, 2.45) is 0 Å². The lowest BCUT2D eigenvalue weighted by Gasteiger charge is -2.22. The summed E-state index contributed by atoms with van der Waals surface area (Å²) in [5, 5.41) is 0. The fraction of sp³-hybridized carbons (Fsp3) is 0.579. The molecular weight excluding hydrogens is 288 g/mol. The molecule has 0 radical (unpaired) electrons. The molecule has 2 amide bonds. The molecule has 1 aliphatic heterocycles. The van der Waals surface area contributed by atoms with Gasteiger partial charge in [0.15, 0.2) is 0 Å². The number of carbonyl (C=O) groups is 2. The number of hydrogen-bond donors (Lipinski definition) is 0. The summed E-state index contributed by atoms with van der Waals surface area (Å²) in [6, 6.07) is 8.32. The number of nitrogens with zero attached hydrogens (tertiary/aromatic N) is 2. The Labute approximate surface area is 139 Å². The molecule has 1 heterocycles. The predicted molar refractivity (Wildman–Crippen MR) is 92.3 cm³/mol. The standard InChI is InChI=1S/C19H28N2O2/c1-4-18(22)20-10-5-11-21(13-12-20)19(23)14-16-6-8-17(9-7-16)15(2)3/h6-9,15H,4-5,10-14H2,1-3H3. The van der Waals surface area contributed by atoms with Crippen LogP contribution in [0.5, 0.6) is 0 Å². The van der Waals surface area contributed by atoms with E-state index in [0.29, 0.717) is 31.8 Å². The van der Waals surface area contributed by atoms with Crippen LogP contribution < -0.4 is 0 Å². The molecule has 1 saturated heterocycles. The van der Waals surface area contributed by atoms with Gasteiger partial charge in [0.25, 0.3) is 0 Å². The van der Waals surface area contributed by atoms with Gasteiger partial charge in [0.1, 0.15) is 0 Å². The van der Waals surface area contributed by atoms with Gasteiger partial charge in [-0.25, -0.2) is 0 Å². The third kappa shape index (κ3) is 4.81. The van der Waals surface area contributed by atoms with Crippen LogP contribution in [0.1, 0.15) is 50.7 Å². The van der Waals surface area contributed by atoms with Crippen LogP contribution >= 0.6 is 0 Å². The zero-order chi connectivity index (χ0) is 16.8. The van der Waals surface area contributed by atoms with Gasteiger partial charge in [0, 0.05) is 32.6 Å². The van der Waals surface area contributed by atoms with Crippen LogP contribution in [0.15, 0.2) is 24.3 Å². The molecule has 4 nitrogen and oxygen atoms in total. The van der Waals surface area contributed by atoms with Crippen molar-refractivity contribution in [3.63, 3.8) is 0 Å². The molecule has 1 fully saturated rings. The van der Waals surface area contributed by atoms with Crippen LogP contribution in [0.3, 0.4) is 0 Å². The molecule has 2 rings (SSSR count). The van der Waals surface area contributed by atoms with Crippen molar-refractivity contribution in [3.05, 3.63) is 35.4 Å². The van der Waals surface area contributed by atoms with Crippen molar-refractivity contribution in [1.29, 1.82) is 0 Å². The van der Waals surface area contributed by atoms with Crippen molar-refractivity contribution < 1.29 is 9.59 Å². The molecular formula is C19H28N2O2. The molecule has 0 N–H and O–H groups in total. The second kappa shape index (κ2) is 8.14.